The van der Waals surface area contributed by atoms with Crippen LogP contribution in [0.5, 0.6) is 0 Å². The fourth-order valence-electron chi connectivity index (χ4n) is 2.72. The standard InChI is InChI=1S/C15H19N3O3/c19-15(20)11-21-13-4-7-17(8-5-13)9-12-10-18-6-2-1-3-14(18)16-12/h1-3,6,10,13H,4-5,7-9,11H2,(H,19,20). The lowest BCUT2D eigenvalue weighted by Crippen LogP contribution is -2.37. The SMILES string of the molecule is O=C(O)COC1CCN(Cc2cn3ccccc3n2)CC1. The van der Waals surface area contributed by atoms with Crippen LogP contribution in [0.15, 0.2) is 30.6 Å². The summed E-state index contributed by atoms with van der Waals surface area (Å²) in [5, 5.41) is 8.61. The van der Waals surface area contributed by atoms with Crippen LogP contribution in [-0.4, -0.2) is 51.2 Å². The lowest BCUT2D eigenvalue weighted by Gasteiger charge is -2.31. The average Bonchev–Trinajstić information content (AvgIpc) is 2.88. The molecule has 2 aromatic heterocycles. The van der Waals surface area contributed by atoms with Crippen LogP contribution in [0.1, 0.15) is 18.5 Å². The molecule has 6 heteroatoms. The summed E-state index contributed by atoms with van der Waals surface area (Å²) in [6.07, 6.45) is 5.87. The summed E-state index contributed by atoms with van der Waals surface area (Å²) in [5.74, 6) is -0.901. The molecule has 0 radical (unpaired) electrons. The van der Waals surface area contributed by atoms with Gasteiger partial charge in [-0.25, -0.2) is 9.78 Å². The van der Waals surface area contributed by atoms with Crippen molar-refractivity contribution in [2.75, 3.05) is 19.7 Å². The Morgan fingerprint density at radius 1 is 1.38 bits per heavy atom. The lowest BCUT2D eigenvalue weighted by molar-refractivity contribution is -0.145. The van der Waals surface area contributed by atoms with Crippen LogP contribution < -0.4 is 0 Å². The molecule has 0 saturated carbocycles. The molecule has 3 rings (SSSR count). The number of piperidine rings is 1. The van der Waals surface area contributed by atoms with Gasteiger partial charge in [-0.15, -0.1) is 0 Å². The minimum absolute atomic E-state index is 0.0680. The number of carboxylic acid groups (broad SMARTS) is 1. The second-order valence-electron chi connectivity index (χ2n) is 5.38. The number of aromatic nitrogens is 2. The minimum Gasteiger partial charge on any atom is -0.480 e. The van der Waals surface area contributed by atoms with Crippen molar-refractivity contribution in [3.8, 4) is 0 Å². The van der Waals surface area contributed by atoms with Crippen molar-refractivity contribution in [2.45, 2.75) is 25.5 Å². The van der Waals surface area contributed by atoms with E-state index >= 15 is 0 Å². The van der Waals surface area contributed by atoms with Gasteiger partial charge in [0.25, 0.3) is 0 Å². The molecule has 21 heavy (non-hydrogen) atoms. The Kier molecular flexibility index (Phi) is 4.17. The molecule has 0 aliphatic carbocycles. The molecular formula is C15H19N3O3. The van der Waals surface area contributed by atoms with Gasteiger partial charge in [0, 0.05) is 32.0 Å². The highest BCUT2D eigenvalue weighted by molar-refractivity contribution is 5.68. The molecule has 112 valence electrons. The summed E-state index contributed by atoms with van der Waals surface area (Å²) in [7, 11) is 0. The smallest absolute Gasteiger partial charge is 0.329 e. The Morgan fingerprint density at radius 3 is 2.90 bits per heavy atom. The maximum Gasteiger partial charge on any atom is 0.329 e. The molecule has 0 bridgehead atoms. The van der Waals surface area contributed by atoms with E-state index in [0.717, 1.165) is 43.8 Å². The second-order valence-corrected chi connectivity index (χ2v) is 5.38. The van der Waals surface area contributed by atoms with Crippen LogP contribution in [0.3, 0.4) is 0 Å². The van der Waals surface area contributed by atoms with Crippen molar-refractivity contribution in [3.05, 3.63) is 36.3 Å². The summed E-state index contributed by atoms with van der Waals surface area (Å²) in [6, 6.07) is 5.97. The fraction of sp³-hybridized carbons (Fsp3) is 0.467. The largest absolute Gasteiger partial charge is 0.480 e. The van der Waals surface area contributed by atoms with Crippen molar-refractivity contribution >= 4 is 11.6 Å². The van der Waals surface area contributed by atoms with E-state index in [1.165, 1.54) is 0 Å². The molecule has 6 nitrogen and oxygen atoms in total. The van der Waals surface area contributed by atoms with Crippen molar-refractivity contribution in [3.63, 3.8) is 0 Å². The van der Waals surface area contributed by atoms with Crippen molar-refractivity contribution in [1.29, 1.82) is 0 Å². The van der Waals surface area contributed by atoms with E-state index in [1.54, 1.807) is 0 Å². The molecule has 0 unspecified atom stereocenters. The summed E-state index contributed by atoms with van der Waals surface area (Å²) in [6.45, 7) is 2.46. The summed E-state index contributed by atoms with van der Waals surface area (Å²) in [5.41, 5.74) is 2.03. The quantitative estimate of drug-likeness (QED) is 0.901. The number of pyridine rings is 1. The molecule has 1 saturated heterocycles. The number of hydrogen-bond acceptors (Lipinski definition) is 4. The molecule has 2 aromatic rings. The van der Waals surface area contributed by atoms with Gasteiger partial charge in [-0.2, -0.15) is 0 Å². The molecule has 0 spiro atoms. The van der Waals surface area contributed by atoms with E-state index in [4.69, 9.17) is 9.84 Å². The molecule has 1 aliphatic heterocycles. The van der Waals surface area contributed by atoms with Crippen molar-refractivity contribution in [2.24, 2.45) is 0 Å². The third-order valence-electron chi connectivity index (χ3n) is 3.78. The van der Waals surface area contributed by atoms with Crippen LogP contribution in [0, 0.1) is 0 Å². The van der Waals surface area contributed by atoms with Crippen molar-refractivity contribution < 1.29 is 14.6 Å². The van der Waals surface area contributed by atoms with Gasteiger partial charge in [-0.3, -0.25) is 4.90 Å². The maximum atomic E-state index is 10.5. The minimum atomic E-state index is -0.901. The third-order valence-corrected chi connectivity index (χ3v) is 3.78. The molecule has 1 N–H and O–H groups in total. The van der Waals surface area contributed by atoms with E-state index < -0.39 is 5.97 Å². The van der Waals surface area contributed by atoms with Gasteiger partial charge < -0.3 is 14.2 Å². The van der Waals surface area contributed by atoms with Gasteiger partial charge in [-0.05, 0) is 25.0 Å². The molecule has 0 aromatic carbocycles. The number of likely N-dealkylation sites (tertiary alicyclic amines) is 1. The first-order valence-electron chi connectivity index (χ1n) is 7.19. The summed E-state index contributed by atoms with van der Waals surface area (Å²) in [4.78, 5) is 17.4. The van der Waals surface area contributed by atoms with Crippen LogP contribution in [0.25, 0.3) is 5.65 Å². The number of fused-ring (bicyclic) bond motifs is 1. The average molecular weight is 289 g/mol. The highest BCUT2D eigenvalue weighted by Crippen LogP contribution is 2.16. The van der Waals surface area contributed by atoms with Crippen LogP contribution in [0.2, 0.25) is 0 Å². The Labute approximate surface area is 123 Å². The first kappa shape index (κ1) is 14.0. The number of imidazole rings is 1. The molecule has 1 aliphatic rings. The van der Waals surface area contributed by atoms with Gasteiger partial charge in [0.15, 0.2) is 0 Å². The third kappa shape index (κ3) is 3.59. The molecule has 0 atom stereocenters. The zero-order valence-corrected chi connectivity index (χ0v) is 11.8. The Bertz CT molecular complexity index is 584. The van der Waals surface area contributed by atoms with E-state index in [0.29, 0.717) is 0 Å². The number of rotatable bonds is 5. The predicted octanol–water partition coefficient (Wildman–Crippen LogP) is 1.40. The molecular weight excluding hydrogens is 270 g/mol. The first-order valence-corrected chi connectivity index (χ1v) is 7.19. The molecule has 3 heterocycles. The monoisotopic (exact) mass is 289 g/mol. The van der Waals surface area contributed by atoms with Gasteiger partial charge in [0.1, 0.15) is 12.3 Å². The Morgan fingerprint density at radius 2 is 2.19 bits per heavy atom. The number of aliphatic carboxylic acids is 1. The number of carboxylic acids is 1. The first-order chi connectivity index (χ1) is 10.2. The van der Waals surface area contributed by atoms with Crippen LogP contribution in [-0.2, 0) is 16.1 Å². The number of nitrogens with zero attached hydrogens (tertiary/aromatic N) is 3. The number of ether oxygens (including phenoxy) is 1. The van der Waals surface area contributed by atoms with E-state index in [2.05, 4.69) is 16.1 Å². The maximum absolute atomic E-state index is 10.5. The normalized spacial score (nSPS) is 17.3. The zero-order chi connectivity index (χ0) is 14.7. The highest BCUT2D eigenvalue weighted by atomic mass is 16.5. The zero-order valence-electron chi connectivity index (χ0n) is 11.8. The van der Waals surface area contributed by atoms with E-state index in [9.17, 15) is 4.79 Å². The van der Waals surface area contributed by atoms with Crippen molar-refractivity contribution in [1.82, 2.24) is 14.3 Å². The summed E-state index contributed by atoms with van der Waals surface area (Å²) >= 11 is 0. The van der Waals surface area contributed by atoms with Gasteiger partial charge >= 0.3 is 5.97 Å². The highest BCUT2D eigenvalue weighted by Gasteiger charge is 2.21. The second kappa shape index (κ2) is 6.24. The Hall–Kier alpha value is -1.92. The van der Waals surface area contributed by atoms with E-state index in [-0.39, 0.29) is 12.7 Å². The van der Waals surface area contributed by atoms with Gasteiger partial charge in [0.2, 0.25) is 0 Å². The predicted molar refractivity (Wildman–Crippen MR) is 77.1 cm³/mol. The van der Waals surface area contributed by atoms with Gasteiger partial charge in [-0.1, -0.05) is 6.07 Å². The number of carbonyl (C=O) groups is 1. The fourth-order valence-corrected chi connectivity index (χ4v) is 2.72. The van der Waals surface area contributed by atoms with Gasteiger partial charge in [0.05, 0.1) is 11.8 Å². The molecule has 1 fully saturated rings. The van der Waals surface area contributed by atoms with Crippen LogP contribution in [0.4, 0.5) is 0 Å². The van der Waals surface area contributed by atoms with Crippen LogP contribution >= 0.6 is 0 Å². The number of hydrogen-bond donors (Lipinski definition) is 1. The molecule has 0 amide bonds. The Balaban J connectivity index is 1.52. The summed E-state index contributed by atoms with van der Waals surface area (Å²) < 4.78 is 7.37. The van der Waals surface area contributed by atoms with E-state index in [1.807, 2.05) is 28.8 Å². The lowest BCUT2D eigenvalue weighted by atomic mass is 10.1. The topological polar surface area (TPSA) is 67.1 Å².